The molecule has 20 nitrogen and oxygen atoms in total. The summed E-state index contributed by atoms with van der Waals surface area (Å²) in [4.78, 5) is 0. The molecule has 0 aliphatic carbocycles. The Kier molecular flexibility index (Phi) is 16.9. The first kappa shape index (κ1) is 39.7. The number of aliphatic hydroxyl groups excluding tert-OH is 5. The zero-order valence-corrected chi connectivity index (χ0v) is 27.1. The van der Waals surface area contributed by atoms with E-state index in [9.17, 15) is 36.0 Å². The van der Waals surface area contributed by atoms with Gasteiger partial charge in [-0.15, -0.1) is 8.67 Å². The van der Waals surface area contributed by atoms with Crippen molar-refractivity contribution < 1.29 is 96.3 Å². The molecule has 5 N–H and O–H groups in total. The Labute approximate surface area is 278 Å². The number of hydrogen-bond acceptors (Lipinski definition) is 22. The molecule has 0 amide bonds. The van der Waals surface area contributed by atoms with E-state index < -0.39 is 92.4 Å². The Morgan fingerprint density at radius 3 is 1.74 bits per heavy atom. The quantitative estimate of drug-likeness (QED) is 0.0346. The molecule has 47 heavy (non-hydrogen) atoms. The third kappa shape index (κ3) is 9.82. The average molecular weight is 727 g/mol. The van der Waals surface area contributed by atoms with E-state index >= 15 is 0 Å². The minimum Gasteiger partial charge on any atom is -0.691 e. The lowest BCUT2D eigenvalue weighted by atomic mass is 9.84. The zero-order chi connectivity index (χ0) is 33.9. The van der Waals surface area contributed by atoms with Crippen LogP contribution in [-0.4, -0.2) is 152 Å². The molecule has 4 aliphatic rings. The van der Waals surface area contributed by atoms with Gasteiger partial charge in [-0.3, -0.25) is 18.4 Å². The van der Waals surface area contributed by atoms with Crippen LogP contribution in [0.15, 0.2) is 0 Å². The van der Waals surface area contributed by atoms with Gasteiger partial charge in [-0.05, 0) is 6.42 Å². The maximum Gasteiger partial charge on any atom is 0.193 e. The predicted molar refractivity (Wildman–Crippen MR) is 147 cm³/mol. The van der Waals surface area contributed by atoms with Crippen molar-refractivity contribution in [3.05, 3.63) is 0 Å². The number of ether oxygens (including phenoxy) is 7. The van der Waals surface area contributed by atoms with Crippen LogP contribution in [0.1, 0.15) is 13.3 Å². The van der Waals surface area contributed by atoms with E-state index in [0.717, 1.165) is 0 Å². The minimum atomic E-state index is -1.29. The fourth-order valence-corrected chi connectivity index (χ4v) is 7.33. The van der Waals surface area contributed by atoms with Crippen LogP contribution < -0.4 is 10.5 Å². The van der Waals surface area contributed by atoms with Gasteiger partial charge in [0.15, 0.2) is 30.9 Å². The van der Waals surface area contributed by atoms with E-state index in [-0.39, 0.29) is 69.7 Å². The lowest BCUT2D eigenvalue weighted by Crippen LogP contribution is -2.59. The highest BCUT2D eigenvalue weighted by Gasteiger charge is 2.52. The van der Waals surface area contributed by atoms with E-state index in [0.29, 0.717) is 6.42 Å². The number of fused-ring (bicyclic) bond motifs is 2. The van der Waals surface area contributed by atoms with E-state index in [2.05, 4.69) is 18.7 Å². The maximum absolute atomic E-state index is 11.3. The molecule has 276 valence electrons. The van der Waals surface area contributed by atoms with Crippen LogP contribution in [0, 0.1) is 17.8 Å². The van der Waals surface area contributed by atoms with Gasteiger partial charge >= 0.3 is 0 Å². The first-order chi connectivity index (χ1) is 22.8. The highest BCUT2D eigenvalue weighted by Crippen LogP contribution is 2.37. The van der Waals surface area contributed by atoms with Crippen LogP contribution in [0.2, 0.25) is 0 Å². The average Bonchev–Trinajstić information content (AvgIpc) is 3.39. The Morgan fingerprint density at radius 1 is 0.702 bits per heavy atom. The minimum absolute atomic E-state index is 0.103. The fraction of sp³-hybridized carbons (Fsp3) is 1.00. The summed E-state index contributed by atoms with van der Waals surface area (Å²) >= 11 is 0.421. The standard InChI is InChI=1S/C25H44O20S2/c1-3-11-19(28)17(37-14(4-26)22(11)40-46-44-42-31)8-35-7-13-20(29)18(38-15(5-27)23(13)41-47-45-43-32)9-34-6-12-16-10-36-24(12)21(30)25(33-2)39-16/h11-32H,3-10H2,1-2H3/p-2/t11-,12-,13+,14?,15?,16?,17+,18-,19?,20?,21?,22+,23+,24+,25-/m0/s1. The van der Waals surface area contributed by atoms with E-state index in [4.69, 9.17) is 41.5 Å². The third-order valence-corrected chi connectivity index (χ3v) is 9.68. The van der Waals surface area contributed by atoms with Crippen LogP contribution in [-0.2, 0) is 60.3 Å². The van der Waals surface area contributed by atoms with Crippen LogP contribution in [0.5, 0.6) is 0 Å². The molecule has 0 aromatic carbocycles. The summed E-state index contributed by atoms with van der Waals surface area (Å²) in [6.45, 7) is 0.576. The van der Waals surface area contributed by atoms with Crippen LogP contribution in [0.4, 0.5) is 0 Å². The highest BCUT2D eigenvalue weighted by atomic mass is 32.2. The van der Waals surface area contributed by atoms with Crippen molar-refractivity contribution in [2.75, 3.05) is 53.4 Å². The molecule has 22 heteroatoms. The maximum atomic E-state index is 11.3. The van der Waals surface area contributed by atoms with Gasteiger partial charge in [0, 0.05) is 24.9 Å². The lowest BCUT2D eigenvalue weighted by molar-refractivity contribution is -0.778. The molecule has 2 bridgehead atoms. The summed E-state index contributed by atoms with van der Waals surface area (Å²) in [5, 5.41) is 79.8. The SMILES string of the molecule is CC[C@H]1C(O)[C@@H](COC[C@@H]2C(O)[C@H](COC[C@H]3C4CO[C@H]3C(O)[C@@H](OC)O4)OC(CO)[C@@H]2OSOO[O-])OC(CO)[C@@H]1OSOO[O-]. The van der Waals surface area contributed by atoms with Crippen molar-refractivity contribution in [2.45, 2.75) is 86.8 Å². The van der Waals surface area contributed by atoms with Gasteiger partial charge < -0.3 is 69.2 Å². The molecule has 15 atom stereocenters. The van der Waals surface area contributed by atoms with Gasteiger partial charge in [-0.2, -0.15) is 0 Å². The number of hydrogen-bond donors (Lipinski definition) is 5. The van der Waals surface area contributed by atoms with Gasteiger partial charge in [-0.25, -0.2) is 0 Å². The first-order valence-corrected chi connectivity index (χ1v) is 16.3. The molecule has 0 aromatic heterocycles. The summed E-state index contributed by atoms with van der Waals surface area (Å²) in [7, 11) is 1.42. The predicted octanol–water partition coefficient (Wildman–Crippen LogP) is -4.01. The van der Waals surface area contributed by atoms with Crippen molar-refractivity contribution >= 4 is 24.6 Å². The molecule has 0 saturated carbocycles. The molecule has 4 aliphatic heterocycles. The van der Waals surface area contributed by atoms with Crippen LogP contribution in [0.25, 0.3) is 0 Å². The molecule has 0 spiro atoms. The van der Waals surface area contributed by atoms with Crippen molar-refractivity contribution in [2.24, 2.45) is 17.8 Å². The topological polar surface area (TPSA) is 267 Å². The van der Waals surface area contributed by atoms with Crippen LogP contribution in [0.3, 0.4) is 0 Å². The highest BCUT2D eigenvalue weighted by molar-refractivity contribution is 7.89. The zero-order valence-electron chi connectivity index (χ0n) is 25.5. The fourth-order valence-electron chi connectivity index (χ4n) is 6.51. The normalized spacial score (nSPS) is 42.2. The van der Waals surface area contributed by atoms with Crippen LogP contribution >= 0.6 is 24.6 Å². The van der Waals surface area contributed by atoms with Crippen molar-refractivity contribution in [1.82, 2.24) is 0 Å². The van der Waals surface area contributed by atoms with E-state index in [1.807, 2.05) is 0 Å². The second kappa shape index (κ2) is 20.1. The molecular weight excluding hydrogens is 684 g/mol. The Balaban J connectivity index is 1.37. The lowest BCUT2D eigenvalue weighted by Gasteiger charge is -2.45. The molecule has 0 aromatic rings. The summed E-state index contributed by atoms with van der Waals surface area (Å²) in [5.41, 5.74) is 0. The molecule has 4 heterocycles. The summed E-state index contributed by atoms with van der Waals surface area (Å²) in [5.74, 6) is -1.76. The molecule has 4 fully saturated rings. The van der Waals surface area contributed by atoms with Gasteiger partial charge in [0.2, 0.25) is 0 Å². The second-order valence-electron chi connectivity index (χ2n) is 11.3. The Morgan fingerprint density at radius 2 is 1.23 bits per heavy atom. The van der Waals surface area contributed by atoms with E-state index in [1.165, 1.54) is 7.11 Å². The number of aliphatic hydroxyl groups is 5. The third-order valence-electron chi connectivity index (χ3n) is 8.85. The molecule has 4 saturated heterocycles. The van der Waals surface area contributed by atoms with Gasteiger partial charge in [0.05, 0.1) is 70.7 Å². The number of methoxy groups -OCH3 is 1. The van der Waals surface area contributed by atoms with Crippen molar-refractivity contribution in [1.29, 1.82) is 0 Å². The molecule has 6 unspecified atom stereocenters. The summed E-state index contributed by atoms with van der Waals surface area (Å²) < 4.78 is 59.2. The first-order valence-electron chi connectivity index (χ1n) is 14.9. The molecule has 4 rings (SSSR count). The smallest absolute Gasteiger partial charge is 0.193 e. The number of rotatable bonds is 20. The van der Waals surface area contributed by atoms with E-state index in [1.54, 1.807) is 6.92 Å². The Bertz CT molecular complexity index is 884. The van der Waals surface area contributed by atoms with Gasteiger partial charge in [0.1, 0.15) is 42.7 Å². The summed E-state index contributed by atoms with van der Waals surface area (Å²) in [6, 6.07) is 0. The molecule has 0 radical (unpaired) electrons. The second-order valence-corrected chi connectivity index (χ2v) is 12.3. The van der Waals surface area contributed by atoms with Gasteiger partial charge in [0.25, 0.3) is 0 Å². The van der Waals surface area contributed by atoms with Gasteiger partial charge in [-0.1, -0.05) is 6.92 Å². The largest absolute Gasteiger partial charge is 0.691 e. The molecular formula is C25H42O20S2-2. The summed E-state index contributed by atoms with van der Waals surface area (Å²) in [6.07, 6.45) is -10.6. The van der Waals surface area contributed by atoms with Crippen molar-refractivity contribution in [3.63, 3.8) is 0 Å². The monoisotopic (exact) mass is 726 g/mol. The Hall–Kier alpha value is -0.100. The van der Waals surface area contributed by atoms with Crippen molar-refractivity contribution in [3.8, 4) is 0 Å².